The number of rotatable bonds is 3. The third-order valence-corrected chi connectivity index (χ3v) is 4.69. The van der Waals surface area contributed by atoms with Crippen LogP contribution >= 0.6 is 0 Å². The number of likely N-dealkylation sites (N-methyl/N-ethyl adjacent to an activating group) is 2. The van der Waals surface area contributed by atoms with Gasteiger partial charge >= 0.3 is 12.0 Å². The van der Waals surface area contributed by atoms with Gasteiger partial charge in [-0.25, -0.2) is 4.79 Å². The lowest BCUT2D eigenvalue weighted by atomic mass is 9.99. The first-order chi connectivity index (χ1) is 9.88. The minimum absolute atomic E-state index is 0.0109. The fraction of sp³-hybridized carbons (Fsp3) is 0.857. The Hall–Kier alpha value is -1.34. The molecule has 0 spiro atoms. The third-order valence-electron chi connectivity index (χ3n) is 4.69. The van der Waals surface area contributed by atoms with E-state index in [-0.39, 0.29) is 11.9 Å². The van der Waals surface area contributed by atoms with Crippen LogP contribution in [-0.2, 0) is 4.79 Å². The number of amides is 2. The monoisotopic (exact) mass is 298 g/mol. The van der Waals surface area contributed by atoms with Crippen LogP contribution < -0.4 is 5.32 Å². The van der Waals surface area contributed by atoms with Gasteiger partial charge in [-0.2, -0.15) is 0 Å². The maximum atomic E-state index is 12.2. The lowest BCUT2D eigenvalue weighted by Gasteiger charge is -2.37. The fourth-order valence-corrected chi connectivity index (χ4v) is 3.09. The summed E-state index contributed by atoms with van der Waals surface area (Å²) in [5.41, 5.74) is 0. The number of likely N-dealkylation sites (tertiary alicyclic amines) is 1. The number of urea groups is 1. The zero-order chi connectivity index (χ0) is 15.6. The molecule has 2 amide bonds. The molecule has 0 aliphatic carbocycles. The van der Waals surface area contributed by atoms with E-state index in [4.69, 9.17) is 5.11 Å². The third kappa shape index (κ3) is 3.85. The summed E-state index contributed by atoms with van der Waals surface area (Å²) in [5.74, 6) is -1.25. The predicted octanol–water partition coefficient (Wildman–Crippen LogP) is -0.406. The van der Waals surface area contributed by atoms with Gasteiger partial charge in [-0.3, -0.25) is 9.69 Å². The van der Waals surface area contributed by atoms with Gasteiger partial charge in [-0.1, -0.05) is 6.92 Å². The molecule has 2 fully saturated rings. The Morgan fingerprint density at radius 2 is 1.90 bits per heavy atom. The molecule has 7 heteroatoms. The van der Waals surface area contributed by atoms with Crippen molar-refractivity contribution >= 4 is 12.0 Å². The van der Waals surface area contributed by atoms with Crippen LogP contribution in [0.3, 0.4) is 0 Å². The average molecular weight is 298 g/mol. The first kappa shape index (κ1) is 16.0. The summed E-state index contributed by atoms with van der Waals surface area (Å²) in [7, 11) is 4.16. The zero-order valence-corrected chi connectivity index (χ0v) is 13.1. The second kappa shape index (κ2) is 6.62. The molecule has 0 radical (unpaired) electrons. The van der Waals surface area contributed by atoms with Crippen LogP contribution in [0.25, 0.3) is 0 Å². The molecular formula is C14H26N4O3. The van der Waals surface area contributed by atoms with Gasteiger partial charge in [0, 0.05) is 45.3 Å². The quantitative estimate of drug-likeness (QED) is 0.741. The topological polar surface area (TPSA) is 76.1 Å². The Bertz CT molecular complexity index is 404. The number of hydrogen-bond donors (Lipinski definition) is 2. The Morgan fingerprint density at radius 1 is 1.19 bits per heavy atom. The molecule has 0 aromatic carbocycles. The van der Waals surface area contributed by atoms with E-state index in [0.29, 0.717) is 25.7 Å². The molecule has 2 heterocycles. The van der Waals surface area contributed by atoms with Gasteiger partial charge < -0.3 is 20.2 Å². The van der Waals surface area contributed by atoms with Crippen molar-refractivity contribution in [2.45, 2.75) is 13.0 Å². The van der Waals surface area contributed by atoms with Gasteiger partial charge in [0.15, 0.2) is 0 Å². The number of hydrogen-bond acceptors (Lipinski definition) is 4. The number of nitrogens with one attached hydrogen (secondary N) is 1. The van der Waals surface area contributed by atoms with Crippen LogP contribution in [0.4, 0.5) is 4.79 Å². The number of carboxylic acids is 1. The maximum Gasteiger partial charge on any atom is 0.317 e. The molecule has 120 valence electrons. The second-order valence-electron chi connectivity index (χ2n) is 6.41. The number of nitrogens with zero attached hydrogens (tertiary/aromatic N) is 3. The van der Waals surface area contributed by atoms with Crippen molar-refractivity contribution in [3.63, 3.8) is 0 Å². The first-order valence-corrected chi connectivity index (χ1v) is 7.53. The summed E-state index contributed by atoms with van der Waals surface area (Å²) in [6.45, 7) is 6.29. The van der Waals surface area contributed by atoms with Gasteiger partial charge in [-0.15, -0.1) is 0 Å². The SMILES string of the molecule is C[C@@H]1CN(C(=O)NCC2CN(C)CCN2C)C[C@H]1C(=O)O. The molecule has 2 N–H and O–H groups in total. The number of carbonyl (C=O) groups excluding carboxylic acids is 1. The molecule has 2 aliphatic heterocycles. The Morgan fingerprint density at radius 3 is 2.52 bits per heavy atom. The van der Waals surface area contributed by atoms with E-state index in [0.717, 1.165) is 19.6 Å². The standard InChI is InChI=1S/C14H26N4O3/c1-10-7-18(9-12(10)13(19)20)14(21)15-6-11-8-16(2)4-5-17(11)3/h10-12H,4-9H2,1-3H3,(H,15,21)(H,19,20)/t10-,11?,12-/m1/s1. The smallest absolute Gasteiger partial charge is 0.317 e. The van der Waals surface area contributed by atoms with Crippen LogP contribution in [0.15, 0.2) is 0 Å². The van der Waals surface area contributed by atoms with E-state index in [1.165, 1.54) is 0 Å². The van der Waals surface area contributed by atoms with Gasteiger partial charge in [0.25, 0.3) is 0 Å². The highest BCUT2D eigenvalue weighted by molar-refractivity contribution is 5.77. The van der Waals surface area contributed by atoms with Crippen molar-refractivity contribution in [2.75, 3.05) is 53.4 Å². The molecular weight excluding hydrogens is 272 g/mol. The number of piperazine rings is 1. The number of carbonyl (C=O) groups is 2. The molecule has 0 bridgehead atoms. The highest BCUT2D eigenvalue weighted by Crippen LogP contribution is 2.23. The minimum Gasteiger partial charge on any atom is -0.481 e. The molecule has 21 heavy (non-hydrogen) atoms. The van der Waals surface area contributed by atoms with Crippen molar-refractivity contribution in [2.24, 2.45) is 11.8 Å². The van der Waals surface area contributed by atoms with Gasteiger partial charge in [0.2, 0.25) is 0 Å². The Balaban J connectivity index is 1.81. The summed E-state index contributed by atoms with van der Waals surface area (Å²) < 4.78 is 0. The second-order valence-corrected chi connectivity index (χ2v) is 6.41. The molecule has 2 aliphatic rings. The summed E-state index contributed by atoms with van der Waals surface area (Å²) >= 11 is 0. The summed E-state index contributed by atoms with van der Waals surface area (Å²) in [6.07, 6.45) is 0. The molecule has 3 atom stereocenters. The van der Waals surface area contributed by atoms with Crippen molar-refractivity contribution in [3.8, 4) is 0 Å². The summed E-state index contributed by atoms with van der Waals surface area (Å²) in [4.78, 5) is 29.4. The molecule has 1 unspecified atom stereocenters. The Kier molecular flexibility index (Phi) is 5.05. The molecule has 2 saturated heterocycles. The van der Waals surface area contributed by atoms with Gasteiger partial charge in [0.1, 0.15) is 0 Å². The molecule has 0 aromatic heterocycles. The summed E-state index contributed by atoms with van der Waals surface area (Å²) in [5, 5.41) is 12.1. The zero-order valence-electron chi connectivity index (χ0n) is 13.1. The van der Waals surface area contributed by atoms with Gasteiger partial charge in [0.05, 0.1) is 5.92 Å². The number of carboxylic acid groups (broad SMARTS) is 1. The fourth-order valence-electron chi connectivity index (χ4n) is 3.09. The largest absolute Gasteiger partial charge is 0.481 e. The van der Waals surface area contributed by atoms with Crippen LogP contribution in [0.1, 0.15) is 6.92 Å². The normalized spacial score (nSPS) is 31.4. The molecule has 0 aromatic rings. The minimum atomic E-state index is -0.813. The highest BCUT2D eigenvalue weighted by Gasteiger charge is 2.37. The van der Waals surface area contributed by atoms with Crippen molar-refractivity contribution in [3.05, 3.63) is 0 Å². The Labute approximate surface area is 125 Å². The lowest BCUT2D eigenvalue weighted by Crippen LogP contribution is -2.55. The van der Waals surface area contributed by atoms with Crippen molar-refractivity contribution in [1.29, 1.82) is 0 Å². The van der Waals surface area contributed by atoms with Crippen molar-refractivity contribution in [1.82, 2.24) is 20.0 Å². The average Bonchev–Trinajstić information content (AvgIpc) is 2.82. The first-order valence-electron chi connectivity index (χ1n) is 7.53. The van der Waals surface area contributed by atoms with E-state index >= 15 is 0 Å². The van der Waals surface area contributed by atoms with E-state index in [1.54, 1.807) is 4.90 Å². The van der Waals surface area contributed by atoms with Crippen LogP contribution in [0.2, 0.25) is 0 Å². The number of aliphatic carboxylic acids is 1. The van der Waals surface area contributed by atoms with Crippen LogP contribution in [-0.4, -0.2) is 91.2 Å². The van der Waals surface area contributed by atoms with E-state index in [1.807, 2.05) is 6.92 Å². The van der Waals surface area contributed by atoms with E-state index in [2.05, 4.69) is 29.2 Å². The summed E-state index contributed by atoms with van der Waals surface area (Å²) in [6, 6.07) is 0.162. The van der Waals surface area contributed by atoms with Gasteiger partial charge in [-0.05, 0) is 20.0 Å². The predicted molar refractivity (Wildman–Crippen MR) is 79.2 cm³/mol. The van der Waals surface area contributed by atoms with Crippen LogP contribution in [0.5, 0.6) is 0 Å². The van der Waals surface area contributed by atoms with Crippen molar-refractivity contribution < 1.29 is 14.7 Å². The molecule has 7 nitrogen and oxygen atoms in total. The van der Waals surface area contributed by atoms with E-state index < -0.39 is 11.9 Å². The lowest BCUT2D eigenvalue weighted by molar-refractivity contribution is -0.142. The highest BCUT2D eigenvalue weighted by atomic mass is 16.4. The molecule has 2 rings (SSSR count). The van der Waals surface area contributed by atoms with E-state index in [9.17, 15) is 9.59 Å². The van der Waals surface area contributed by atoms with Crippen LogP contribution in [0, 0.1) is 11.8 Å². The maximum absolute atomic E-state index is 12.2. The molecule has 0 saturated carbocycles.